The highest BCUT2D eigenvalue weighted by atomic mass is 35.5. The van der Waals surface area contributed by atoms with Gasteiger partial charge in [0.25, 0.3) is 5.91 Å². The lowest BCUT2D eigenvalue weighted by molar-refractivity contribution is 0.102. The normalized spacial score (nSPS) is 11.0. The molecule has 0 unspecified atom stereocenters. The number of nitrogens with one attached hydrogen (secondary N) is 1. The van der Waals surface area contributed by atoms with Crippen molar-refractivity contribution in [3.8, 4) is 11.3 Å². The first kappa shape index (κ1) is 17.0. The average molecular weight is 404 g/mol. The Morgan fingerprint density at radius 1 is 1.31 bits per heavy atom. The minimum absolute atomic E-state index is 0.311. The van der Waals surface area contributed by atoms with Gasteiger partial charge in [-0.05, 0) is 31.2 Å². The average Bonchev–Trinajstić information content (AvgIpc) is 3.20. The van der Waals surface area contributed by atoms with Crippen LogP contribution in [0.4, 0.5) is 5.13 Å². The Labute approximate surface area is 162 Å². The van der Waals surface area contributed by atoms with Gasteiger partial charge in [0, 0.05) is 28.4 Å². The van der Waals surface area contributed by atoms with Crippen LogP contribution in [0.15, 0.2) is 42.0 Å². The molecule has 26 heavy (non-hydrogen) atoms. The van der Waals surface area contributed by atoms with E-state index in [4.69, 9.17) is 23.2 Å². The molecule has 1 amide bonds. The van der Waals surface area contributed by atoms with Crippen molar-refractivity contribution in [2.45, 2.75) is 6.92 Å². The molecule has 0 spiro atoms. The van der Waals surface area contributed by atoms with Gasteiger partial charge in [0.15, 0.2) is 10.8 Å². The SMILES string of the molecule is Cc1nn2cccnc2c1C(=O)Nc1nc(-c2cc(Cl)ccc2Cl)cs1. The fourth-order valence-electron chi connectivity index (χ4n) is 2.57. The first-order valence-electron chi connectivity index (χ1n) is 7.55. The molecule has 9 heteroatoms. The Hall–Kier alpha value is -2.48. The van der Waals surface area contributed by atoms with Gasteiger partial charge in [0.2, 0.25) is 0 Å². The van der Waals surface area contributed by atoms with Crippen molar-refractivity contribution < 1.29 is 4.79 Å². The smallest absolute Gasteiger partial charge is 0.263 e. The van der Waals surface area contributed by atoms with Gasteiger partial charge < -0.3 is 0 Å². The van der Waals surface area contributed by atoms with Gasteiger partial charge in [-0.25, -0.2) is 14.5 Å². The maximum Gasteiger partial charge on any atom is 0.263 e. The summed E-state index contributed by atoms with van der Waals surface area (Å²) in [5, 5.41) is 10.5. The van der Waals surface area contributed by atoms with Crippen molar-refractivity contribution in [3.63, 3.8) is 0 Å². The van der Waals surface area contributed by atoms with Crippen LogP contribution in [0.2, 0.25) is 10.0 Å². The van der Waals surface area contributed by atoms with E-state index in [2.05, 4.69) is 20.4 Å². The van der Waals surface area contributed by atoms with Crippen LogP contribution < -0.4 is 5.32 Å². The van der Waals surface area contributed by atoms with Crippen LogP contribution in [0.3, 0.4) is 0 Å². The molecule has 0 radical (unpaired) electrons. The summed E-state index contributed by atoms with van der Waals surface area (Å²) in [4.78, 5) is 21.4. The van der Waals surface area contributed by atoms with Crippen molar-refractivity contribution in [1.29, 1.82) is 0 Å². The number of rotatable bonds is 3. The molecule has 3 heterocycles. The van der Waals surface area contributed by atoms with Crippen molar-refractivity contribution in [3.05, 3.63) is 63.3 Å². The molecular weight excluding hydrogens is 393 g/mol. The van der Waals surface area contributed by atoms with E-state index in [1.54, 1.807) is 48.1 Å². The van der Waals surface area contributed by atoms with Crippen LogP contribution in [0, 0.1) is 6.92 Å². The quantitative estimate of drug-likeness (QED) is 0.536. The molecule has 0 bridgehead atoms. The summed E-state index contributed by atoms with van der Waals surface area (Å²) in [7, 11) is 0. The lowest BCUT2D eigenvalue weighted by Crippen LogP contribution is -2.13. The zero-order valence-corrected chi connectivity index (χ0v) is 15.7. The van der Waals surface area contributed by atoms with E-state index in [1.807, 2.05) is 5.38 Å². The fourth-order valence-corrected chi connectivity index (χ4v) is 3.66. The first-order chi connectivity index (χ1) is 12.5. The van der Waals surface area contributed by atoms with E-state index in [9.17, 15) is 4.79 Å². The monoisotopic (exact) mass is 403 g/mol. The van der Waals surface area contributed by atoms with Gasteiger partial charge in [-0.2, -0.15) is 5.10 Å². The summed E-state index contributed by atoms with van der Waals surface area (Å²) in [5.74, 6) is -0.311. The van der Waals surface area contributed by atoms with Crippen LogP contribution in [0.1, 0.15) is 16.1 Å². The first-order valence-corrected chi connectivity index (χ1v) is 9.19. The summed E-state index contributed by atoms with van der Waals surface area (Å²) in [6, 6.07) is 6.92. The van der Waals surface area contributed by atoms with Crippen molar-refractivity contribution in [2.24, 2.45) is 0 Å². The topological polar surface area (TPSA) is 72.2 Å². The van der Waals surface area contributed by atoms with E-state index in [-0.39, 0.29) is 5.91 Å². The number of aromatic nitrogens is 4. The van der Waals surface area contributed by atoms with Gasteiger partial charge in [0.1, 0.15) is 5.56 Å². The van der Waals surface area contributed by atoms with E-state index >= 15 is 0 Å². The summed E-state index contributed by atoms with van der Waals surface area (Å²) in [5.41, 5.74) is 2.87. The second kappa shape index (κ2) is 6.68. The molecule has 0 aliphatic carbocycles. The van der Waals surface area contributed by atoms with E-state index in [0.29, 0.717) is 43.3 Å². The number of amides is 1. The number of carbonyl (C=O) groups excluding carboxylic acids is 1. The Bertz CT molecular complexity index is 1140. The third kappa shape index (κ3) is 3.05. The molecule has 0 saturated heterocycles. The largest absolute Gasteiger partial charge is 0.298 e. The Morgan fingerprint density at radius 2 is 2.15 bits per heavy atom. The Morgan fingerprint density at radius 3 is 3.00 bits per heavy atom. The number of fused-ring (bicyclic) bond motifs is 1. The van der Waals surface area contributed by atoms with E-state index < -0.39 is 0 Å². The second-order valence-electron chi connectivity index (χ2n) is 5.46. The van der Waals surface area contributed by atoms with E-state index in [1.165, 1.54) is 11.3 Å². The number of benzene rings is 1. The second-order valence-corrected chi connectivity index (χ2v) is 7.17. The van der Waals surface area contributed by atoms with Crippen LogP contribution in [-0.2, 0) is 0 Å². The van der Waals surface area contributed by atoms with Gasteiger partial charge in [-0.3, -0.25) is 10.1 Å². The number of hydrogen-bond donors (Lipinski definition) is 1. The molecule has 1 aromatic carbocycles. The standard InChI is InChI=1S/C17H11Cl2N5OS/c1-9-14(15-20-5-2-6-24(15)23-9)16(25)22-17-21-13(8-26-17)11-7-10(18)3-4-12(11)19/h2-8H,1H3,(H,21,22,25). The predicted octanol–water partition coefficient (Wildman–Crippen LogP) is 4.72. The molecule has 3 aromatic heterocycles. The van der Waals surface area contributed by atoms with Crippen molar-refractivity contribution in [2.75, 3.05) is 5.32 Å². The third-order valence-electron chi connectivity index (χ3n) is 3.73. The number of carbonyl (C=O) groups is 1. The summed E-state index contributed by atoms with van der Waals surface area (Å²) < 4.78 is 1.57. The lowest BCUT2D eigenvalue weighted by atomic mass is 10.2. The summed E-state index contributed by atoms with van der Waals surface area (Å²) in [6.45, 7) is 1.77. The molecular formula is C17H11Cl2N5OS. The molecule has 0 atom stereocenters. The third-order valence-corrected chi connectivity index (χ3v) is 5.05. The molecule has 4 rings (SSSR count). The predicted molar refractivity (Wildman–Crippen MR) is 103 cm³/mol. The highest BCUT2D eigenvalue weighted by Crippen LogP contribution is 2.32. The minimum Gasteiger partial charge on any atom is -0.298 e. The highest BCUT2D eigenvalue weighted by Gasteiger charge is 2.19. The van der Waals surface area contributed by atoms with Gasteiger partial charge in [0.05, 0.1) is 16.4 Å². The van der Waals surface area contributed by atoms with Crippen molar-refractivity contribution in [1.82, 2.24) is 19.6 Å². The van der Waals surface area contributed by atoms with Gasteiger partial charge >= 0.3 is 0 Å². The fraction of sp³-hybridized carbons (Fsp3) is 0.0588. The molecule has 1 N–H and O–H groups in total. The molecule has 130 valence electrons. The Balaban J connectivity index is 1.64. The summed E-state index contributed by atoms with van der Waals surface area (Å²) >= 11 is 13.5. The van der Waals surface area contributed by atoms with Gasteiger partial charge in [-0.1, -0.05) is 23.2 Å². The number of thiazole rings is 1. The molecule has 4 aromatic rings. The zero-order chi connectivity index (χ0) is 18.3. The highest BCUT2D eigenvalue weighted by molar-refractivity contribution is 7.14. The molecule has 0 saturated carbocycles. The number of aryl methyl sites for hydroxylation is 1. The van der Waals surface area contributed by atoms with Crippen LogP contribution in [0.25, 0.3) is 16.9 Å². The number of hydrogen-bond acceptors (Lipinski definition) is 5. The molecule has 0 aliphatic heterocycles. The molecule has 6 nitrogen and oxygen atoms in total. The van der Waals surface area contributed by atoms with Gasteiger partial charge in [-0.15, -0.1) is 11.3 Å². The van der Waals surface area contributed by atoms with E-state index in [0.717, 1.165) is 0 Å². The Kier molecular flexibility index (Phi) is 4.36. The van der Waals surface area contributed by atoms with Crippen molar-refractivity contribution >= 4 is 51.2 Å². The lowest BCUT2D eigenvalue weighted by Gasteiger charge is -2.02. The van der Waals surface area contributed by atoms with Crippen LogP contribution in [-0.4, -0.2) is 25.5 Å². The number of anilines is 1. The molecule has 0 fully saturated rings. The van der Waals surface area contributed by atoms with Crippen LogP contribution in [0.5, 0.6) is 0 Å². The number of nitrogens with zero attached hydrogens (tertiary/aromatic N) is 4. The maximum atomic E-state index is 12.7. The zero-order valence-electron chi connectivity index (χ0n) is 13.4. The minimum atomic E-state index is -0.311. The molecule has 0 aliphatic rings. The number of halogens is 2. The maximum absolute atomic E-state index is 12.7. The summed E-state index contributed by atoms with van der Waals surface area (Å²) in [6.07, 6.45) is 3.37. The van der Waals surface area contributed by atoms with Crippen LogP contribution >= 0.6 is 34.5 Å².